The van der Waals surface area contributed by atoms with Gasteiger partial charge in [-0.1, -0.05) is 0 Å². The summed E-state index contributed by atoms with van der Waals surface area (Å²) in [4.78, 5) is 0.963. The van der Waals surface area contributed by atoms with Gasteiger partial charge in [-0.05, 0) is 38.3 Å². The molecule has 3 heterocycles. The Kier molecular flexibility index (Phi) is 4.51. The first kappa shape index (κ1) is 15.5. The highest BCUT2D eigenvalue weighted by molar-refractivity contribution is 7.94. The summed E-state index contributed by atoms with van der Waals surface area (Å²) < 4.78 is 34.8. The Balaban J connectivity index is 1.66. The molecule has 120 valence electrons. The summed E-state index contributed by atoms with van der Waals surface area (Å²) in [7, 11) is -3.53. The molecule has 1 fully saturated rings. The summed E-state index contributed by atoms with van der Waals surface area (Å²) in [5.41, 5.74) is 0.474. The van der Waals surface area contributed by atoms with E-state index < -0.39 is 10.0 Å². The van der Waals surface area contributed by atoms with Crippen molar-refractivity contribution in [2.45, 2.75) is 43.0 Å². The molecule has 0 saturated carbocycles. The van der Waals surface area contributed by atoms with Gasteiger partial charge in [0, 0.05) is 17.7 Å². The molecule has 6 nitrogen and oxygen atoms in total. The van der Waals surface area contributed by atoms with E-state index in [0.29, 0.717) is 16.4 Å². The maximum atomic E-state index is 12.3. The number of rotatable bonds is 5. The molecule has 0 amide bonds. The molecule has 0 radical (unpaired) electrons. The molecule has 2 aromatic rings. The predicted molar refractivity (Wildman–Crippen MR) is 85.7 cm³/mol. The number of nitrogens with one attached hydrogen (secondary N) is 1. The van der Waals surface area contributed by atoms with Crippen LogP contribution in [-0.4, -0.2) is 30.9 Å². The Morgan fingerprint density at radius 3 is 3.00 bits per heavy atom. The minimum atomic E-state index is -3.53. The first-order valence-corrected chi connectivity index (χ1v) is 9.56. The Hall–Kier alpha value is -1.38. The zero-order valence-corrected chi connectivity index (χ0v) is 14.0. The number of hydrogen-bond acceptors (Lipinski definition) is 5. The van der Waals surface area contributed by atoms with E-state index in [4.69, 9.17) is 4.74 Å². The van der Waals surface area contributed by atoms with Crippen molar-refractivity contribution in [2.75, 3.05) is 11.3 Å². The number of sulfonamides is 1. The maximum absolute atomic E-state index is 12.3. The van der Waals surface area contributed by atoms with E-state index in [9.17, 15) is 8.42 Å². The van der Waals surface area contributed by atoms with E-state index in [1.165, 1.54) is 24.0 Å². The van der Waals surface area contributed by atoms with Crippen LogP contribution in [0.5, 0.6) is 0 Å². The lowest BCUT2D eigenvalue weighted by Gasteiger charge is -2.22. The van der Waals surface area contributed by atoms with Gasteiger partial charge < -0.3 is 4.74 Å². The standard InChI is InChI=1S/C14H19N3O3S2/c1-11-5-6-14(21-11)22(18,19)16-12-8-15-17(9-12)10-13-4-2-3-7-20-13/h5-6,8-9,13,16H,2-4,7,10H2,1H3. The molecule has 1 aliphatic rings. The lowest BCUT2D eigenvalue weighted by Crippen LogP contribution is -2.24. The van der Waals surface area contributed by atoms with E-state index >= 15 is 0 Å². The molecule has 8 heteroatoms. The molecule has 1 saturated heterocycles. The van der Waals surface area contributed by atoms with Crippen molar-refractivity contribution in [3.8, 4) is 0 Å². The lowest BCUT2D eigenvalue weighted by molar-refractivity contribution is 0.00401. The lowest BCUT2D eigenvalue weighted by atomic mass is 10.1. The van der Waals surface area contributed by atoms with Crippen molar-refractivity contribution in [3.05, 3.63) is 29.4 Å². The van der Waals surface area contributed by atoms with Crippen molar-refractivity contribution in [1.29, 1.82) is 0 Å². The van der Waals surface area contributed by atoms with Crippen LogP contribution in [0.4, 0.5) is 5.69 Å². The highest BCUT2D eigenvalue weighted by Gasteiger charge is 2.18. The van der Waals surface area contributed by atoms with Gasteiger partial charge in [0.25, 0.3) is 10.0 Å². The maximum Gasteiger partial charge on any atom is 0.271 e. The minimum absolute atomic E-state index is 0.165. The van der Waals surface area contributed by atoms with Crippen LogP contribution in [-0.2, 0) is 21.3 Å². The number of ether oxygens (including phenoxy) is 1. The Morgan fingerprint density at radius 1 is 1.45 bits per heavy atom. The second kappa shape index (κ2) is 6.39. The minimum Gasteiger partial charge on any atom is -0.376 e. The third-order valence-corrected chi connectivity index (χ3v) is 6.40. The molecule has 3 rings (SSSR count). The molecule has 1 N–H and O–H groups in total. The van der Waals surface area contributed by atoms with Crippen LogP contribution in [0.15, 0.2) is 28.7 Å². The van der Waals surface area contributed by atoms with Crippen molar-refractivity contribution in [1.82, 2.24) is 9.78 Å². The zero-order valence-electron chi connectivity index (χ0n) is 12.4. The molecule has 22 heavy (non-hydrogen) atoms. The molecule has 1 atom stereocenters. The van der Waals surface area contributed by atoms with Crippen LogP contribution in [0.1, 0.15) is 24.1 Å². The summed E-state index contributed by atoms with van der Waals surface area (Å²) in [6, 6.07) is 3.41. The number of aromatic nitrogens is 2. The number of nitrogens with zero attached hydrogens (tertiary/aromatic N) is 2. The second-order valence-electron chi connectivity index (χ2n) is 5.41. The summed E-state index contributed by atoms with van der Waals surface area (Å²) in [6.07, 6.45) is 6.70. The average Bonchev–Trinajstić information content (AvgIpc) is 3.09. The second-order valence-corrected chi connectivity index (χ2v) is 8.61. The van der Waals surface area contributed by atoms with Gasteiger partial charge in [-0.15, -0.1) is 11.3 Å². The smallest absolute Gasteiger partial charge is 0.271 e. The van der Waals surface area contributed by atoms with Crippen molar-refractivity contribution >= 4 is 27.0 Å². The molecule has 1 aliphatic heterocycles. The van der Waals surface area contributed by atoms with E-state index in [0.717, 1.165) is 24.3 Å². The van der Waals surface area contributed by atoms with Gasteiger partial charge in [-0.2, -0.15) is 5.10 Å². The summed E-state index contributed by atoms with van der Waals surface area (Å²) in [5.74, 6) is 0. The molecule has 0 spiro atoms. The average molecular weight is 341 g/mol. The van der Waals surface area contributed by atoms with E-state index in [-0.39, 0.29) is 6.10 Å². The SMILES string of the molecule is Cc1ccc(S(=O)(=O)Nc2cnn(CC3CCCCO3)c2)s1. The quantitative estimate of drug-likeness (QED) is 0.907. The summed E-state index contributed by atoms with van der Waals surface area (Å²) in [6.45, 7) is 3.33. The highest BCUT2D eigenvalue weighted by Crippen LogP contribution is 2.23. The summed E-state index contributed by atoms with van der Waals surface area (Å²) in [5, 5.41) is 4.21. The van der Waals surface area contributed by atoms with Crippen LogP contribution < -0.4 is 4.72 Å². The fourth-order valence-corrected chi connectivity index (χ4v) is 4.75. The molecular weight excluding hydrogens is 322 g/mol. The molecule has 0 bridgehead atoms. The van der Waals surface area contributed by atoms with Crippen molar-refractivity contribution in [3.63, 3.8) is 0 Å². The summed E-state index contributed by atoms with van der Waals surface area (Å²) >= 11 is 1.25. The number of anilines is 1. The molecule has 0 aromatic carbocycles. The number of aryl methyl sites for hydroxylation is 1. The van der Waals surface area contributed by atoms with Gasteiger partial charge in [0.05, 0.1) is 24.5 Å². The monoisotopic (exact) mass is 341 g/mol. The van der Waals surface area contributed by atoms with E-state index in [1.807, 2.05) is 6.92 Å². The Labute approximate surface area is 134 Å². The topological polar surface area (TPSA) is 73.2 Å². The largest absolute Gasteiger partial charge is 0.376 e. The van der Waals surface area contributed by atoms with Crippen LogP contribution in [0.2, 0.25) is 0 Å². The van der Waals surface area contributed by atoms with Gasteiger partial charge in [0.2, 0.25) is 0 Å². The first-order valence-electron chi connectivity index (χ1n) is 7.26. The molecule has 2 aromatic heterocycles. The normalized spacial score (nSPS) is 19.2. The highest BCUT2D eigenvalue weighted by atomic mass is 32.2. The van der Waals surface area contributed by atoms with Gasteiger partial charge in [0.15, 0.2) is 0 Å². The first-order chi connectivity index (χ1) is 10.5. The van der Waals surface area contributed by atoms with Gasteiger partial charge in [-0.25, -0.2) is 8.42 Å². The zero-order chi connectivity index (χ0) is 15.6. The number of hydrogen-bond donors (Lipinski definition) is 1. The Bertz CT molecular complexity index is 730. The van der Waals surface area contributed by atoms with Gasteiger partial charge in [-0.3, -0.25) is 9.40 Å². The van der Waals surface area contributed by atoms with Gasteiger partial charge in [0.1, 0.15) is 4.21 Å². The van der Waals surface area contributed by atoms with E-state index in [1.54, 1.807) is 23.0 Å². The third kappa shape index (κ3) is 3.68. The third-order valence-electron chi connectivity index (χ3n) is 3.53. The van der Waals surface area contributed by atoms with Crippen LogP contribution in [0, 0.1) is 6.92 Å². The van der Waals surface area contributed by atoms with Crippen LogP contribution in [0.25, 0.3) is 0 Å². The van der Waals surface area contributed by atoms with Crippen LogP contribution in [0.3, 0.4) is 0 Å². The predicted octanol–water partition coefficient (Wildman–Crippen LogP) is 2.62. The van der Waals surface area contributed by atoms with Gasteiger partial charge >= 0.3 is 0 Å². The van der Waals surface area contributed by atoms with Crippen LogP contribution >= 0.6 is 11.3 Å². The molecule has 1 unspecified atom stereocenters. The number of thiophene rings is 1. The van der Waals surface area contributed by atoms with E-state index in [2.05, 4.69) is 9.82 Å². The fourth-order valence-electron chi connectivity index (χ4n) is 2.44. The molecule has 0 aliphatic carbocycles. The van der Waals surface area contributed by atoms with Crippen molar-refractivity contribution < 1.29 is 13.2 Å². The fraction of sp³-hybridized carbons (Fsp3) is 0.500. The van der Waals surface area contributed by atoms with Crippen molar-refractivity contribution in [2.24, 2.45) is 0 Å². The molecular formula is C14H19N3O3S2. The Morgan fingerprint density at radius 2 is 2.32 bits per heavy atom.